The Labute approximate surface area is 113 Å². The first-order chi connectivity index (χ1) is 9.19. The first kappa shape index (κ1) is 14.0. The minimum atomic E-state index is -0.372. The van der Waals surface area contributed by atoms with Crippen molar-refractivity contribution in [2.45, 2.75) is 44.7 Å². The van der Waals surface area contributed by atoms with Gasteiger partial charge in [0.05, 0.1) is 0 Å². The molecule has 19 heavy (non-hydrogen) atoms. The van der Waals surface area contributed by atoms with Gasteiger partial charge >= 0.3 is 0 Å². The molecule has 1 aromatic carbocycles. The quantitative estimate of drug-likeness (QED) is 0.877. The van der Waals surface area contributed by atoms with E-state index in [1.54, 1.807) is 12.1 Å². The first-order valence-electron chi connectivity index (χ1n) is 6.99. The summed E-state index contributed by atoms with van der Waals surface area (Å²) in [5.41, 5.74) is 0.397. The van der Waals surface area contributed by atoms with Gasteiger partial charge in [-0.15, -0.1) is 0 Å². The van der Waals surface area contributed by atoms with Crippen molar-refractivity contribution in [3.63, 3.8) is 0 Å². The van der Waals surface area contributed by atoms with Crippen molar-refractivity contribution < 1.29 is 9.18 Å². The summed E-state index contributed by atoms with van der Waals surface area (Å²) >= 11 is 0. The normalized spacial score (nSPS) is 23.1. The van der Waals surface area contributed by atoms with Crippen LogP contribution in [0.5, 0.6) is 0 Å². The number of amides is 1. The van der Waals surface area contributed by atoms with Gasteiger partial charge in [0.25, 0.3) is 5.91 Å². The number of carbonyl (C=O) groups excluding carboxylic acids is 1. The molecule has 0 saturated heterocycles. The van der Waals surface area contributed by atoms with Crippen LogP contribution in [0, 0.1) is 5.82 Å². The molecule has 0 unspecified atom stereocenters. The van der Waals surface area contributed by atoms with Gasteiger partial charge in [-0.1, -0.05) is 13.0 Å². The van der Waals surface area contributed by atoms with Crippen LogP contribution in [-0.4, -0.2) is 24.5 Å². The first-order valence-corrected chi connectivity index (χ1v) is 6.99. The second-order valence-corrected chi connectivity index (χ2v) is 5.09. The van der Waals surface area contributed by atoms with Crippen molar-refractivity contribution in [3.8, 4) is 0 Å². The number of carbonyl (C=O) groups is 1. The van der Waals surface area contributed by atoms with E-state index in [-0.39, 0.29) is 17.8 Å². The van der Waals surface area contributed by atoms with E-state index in [4.69, 9.17) is 0 Å². The highest BCUT2D eigenvalue weighted by Crippen LogP contribution is 2.19. The van der Waals surface area contributed by atoms with Crippen LogP contribution in [0.25, 0.3) is 0 Å². The molecule has 1 aliphatic carbocycles. The number of hydrogen-bond acceptors (Lipinski definition) is 2. The molecule has 0 spiro atoms. The number of halogens is 1. The second-order valence-electron chi connectivity index (χ2n) is 5.09. The summed E-state index contributed by atoms with van der Waals surface area (Å²) in [6, 6.07) is 6.62. The number of hydrogen-bond donors (Lipinski definition) is 2. The van der Waals surface area contributed by atoms with Crippen molar-refractivity contribution in [2.24, 2.45) is 0 Å². The lowest BCUT2D eigenvalue weighted by Crippen LogP contribution is -2.42. The van der Waals surface area contributed by atoms with Gasteiger partial charge < -0.3 is 10.6 Å². The zero-order valence-electron chi connectivity index (χ0n) is 11.3. The minimum absolute atomic E-state index is 0.175. The van der Waals surface area contributed by atoms with Crippen molar-refractivity contribution in [1.82, 2.24) is 10.6 Å². The zero-order valence-corrected chi connectivity index (χ0v) is 11.3. The van der Waals surface area contributed by atoms with Crippen LogP contribution < -0.4 is 10.6 Å². The Hall–Kier alpha value is -1.42. The molecule has 1 aliphatic rings. The maximum atomic E-state index is 13.1. The largest absolute Gasteiger partial charge is 0.349 e. The molecule has 1 fully saturated rings. The molecular weight excluding hydrogens is 243 g/mol. The van der Waals surface area contributed by atoms with Gasteiger partial charge in [-0.2, -0.15) is 0 Å². The smallest absolute Gasteiger partial charge is 0.251 e. The fraction of sp³-hybridized carbons (Fsp3) is 0.533. The van der Waals surface area contributed by atoms with Crippen LogP contribution in [0.4, 0.5) is 4.39 Å². The van der Waals surface area contributed by atoms with Gasteiger partial charge in [0.2, 0.25) is 0 Å². The Morgan fingerprint density at radius 1 is 1.26 bits per heavy atom. The third kappa shape index (κ3) is 4.03. The van der Waals surface area contributed by atoms with Crippen LogP contribution in [-0.2, 0) is 0 Å². The molecule has 104 valence electrons. The number of rotatable bonds is 4. The molecule has 0 aromatic heterocycles. The summed E-state index contributed by atoms with van der Waals surface area (Å²) in [7, 11) is 0. The zero-order chi connectivity index (χ0) is 13.7. The summed E-state index contributed by atoms with van der Waals surface area (Å²) in [6.07, 6.45) is 4.14. The average Bonchev–Trinajstić information content (AvgIpc) is 2.41. The lowest BCUT2D eigenvalue weighted by Gasteiger charge is -2.29. The second kappa shape index (κ2) is 6.66. The minimum Gasteiger partial charge on any atom is -0.349 e. The van der Waals surface area contributed by atoms with E-state index in [9.17, 15) is 9.18 Å². The van der Waals surface area contributed by atoms with Crippen molar-refractivity contribution >= 4 is 5.91 Å². The van der Waals surface area contributed by atoms with Crippen LogP contribution in [0.15, 0.2) is 24.3 Å². The van der Waals surface area contributed by atoms with Gasteiger partial charge in [-0.3, -0.25) is 4.79 Å². The SMILES string of the molecule is CCNC1CCC(NC(=O)c2cccc(F)c2)CC1. The fourth-order valence-electron chi connectivity index (χ4n) is 2.63. The lowest BCUT2D eigenvalue weighted by atomic mass is 9.91. The molecule has 0 aliphatic heterocycles. The molecule has 0 heterocycles. The third-order valence-electron chi connectivity index (χ3n) is 3.64. The maximum Gasteiger partial charge on any atom is 0.251 e. The van der Waals surface area contributed by atoms with E-state index in [1.807, 2.05) is 0 Å². The third-order valence-corrected chi connectivity index (χ3v) is 3.64. The summed E-state index contributed by atoms with van der Waals surface area (Å²) in [4.78, 5) is 12.0. The van der Waals surface area contributed by atoms with Crippen molar-refractivity contribution in [2.75, 3.05) is 6.54 Å². The standard InChI is InChI=1S/C15H21FN2O/c1-2-17-13-6-8-14(9-7-13)18-15(19)11-4-3-5-12(16)10-11/h3-5,10,13-14,17H,2,6-9H2,1H3,(H,18,19). The summed E-state index contributed by atoms with van der Waals surface area (Å²) < 4.78 is 13.1. The molecule has 2 N–H and O–H groups in total. The molecule has 0 atom stereocenters. The highest BCUT2D eigenvalue weighted by molar-refractivity contribution is 5.94. The average molecular weight is 264 g/mol. The molecule has 0 bridgehead atoms. The Balaban J connectivity index is 1.84. The molecular formula is C15H21FN2O. The molecule has 2 rings (SSSR count). The monoisotopic (exact) mass is 264 g/mol. The van der Waals surface area contributed by atoms with Gasteiger partial charge in [0.1, 0.15) is 5.82 Å². The lowest BCUT2D eigenvalue weighted by molar-refractivity contribution is 0.0924. The van der Waals surface area contributed by atoms with Gasteiger partial charge in [-0.05, 0) is 50.4 Å². The molecule has 1 aromatic rings. The van der Waals surface area contributed by atoms with E-state index in [2.05, 4.69) is 17.6 Å². The molecule has 1 saturated carbocycles. The molecule has 0 radical (unpaired) electrons. The predicted molar refractivity (Wildman–Crippen MR) is 73.6 cm³/mol. The molecule has 3 nitrogen and oxygen atoms in total. The van der Waals surface area contributed by atoms with Gasteiger partial charge in [-0.25, -0.2) is 4.39 Å². The van der Waals surface area contributed by atoms with Gasteiger partial charge in [0, 0.05) is 17.6 Å². The summed E-state index contributed by atoms with van der Waals surface area (Å²) in [5, 5.41) is 6.43. The van der Waals surface area contributed by atoms with Gasteiger partial charge in [0.15, 0.2) is 0 Å². The van der Waals surface area contributed by atoms with E-state index >= 15 is 0 Å². The van der Waals surface area contributed by atoms with Crippen LogP contribution in [0.1, 0.15) is 43.0 Å². The number of benzene rings is 1. The van der Waals surface area contributed by atoms with E-state index in [0.717, 1.165) is 32.2 Å². The fourth-order valence-corrected chi connectivity index (χ4v) is 2.63. The molecule has 1 amide bonds. The summed E-state index contributed by atoms with van der Waals surface area (Å²) in [6.45, 7) is 3.10. The van der Waals surface area contributed by atoms with E-state index in [0.29, 0.717) is 11.6 Å². The highest BCUT2D eigenvalue weighted by Gasteiger charge is 2.22. The van der Waals surface area contributed by atoms with Crippen LogP contribution >= 0.6 is 0 Å². The van der Waals surface area contributed by atoms with Crippen LogP contribution in [0.3, 0.4) is 0 Å². The Morgan fingerprint density at radius 3 is 2.58 bits per heavy atom. The predicted octanol–water partition coefficient (Wildman–Crippen LogP) is 2.48. The molecule has 4 heteroatoms. The maximum absolute atomic E-state index is 13.1. The highest BCUT2D eigenvalue weighted by atomic mass is 19.1. The Bertz CT molecular complexity index is 428. The van der Waals surface area contributed by atoms with E-state index < -0.39 is 0 Å². The van der Waals surface area contributed by atoms with Crippen molar-refractivity contribution in [3.05, 3.63) is 35.6 Å². The van der Waals surface area contributed by atoms with E-state index in [1.165, 1.54) is 12.1 Å². The Kier molecular flexibility index (Phi) is 4.91. The van der Waals surface area contributed by atoms with Crippen LogP contribution in [0.2, 0.25) is 0 Å². The topological polar surface area (TPSA) is 41.1 Å². The Morgan fingerprint density at radius 2 is 1.95 bits per heavy atom. The number of nitrogens with one attached hydrogen (secondary N) is 2. The summed E-state index contributed by atoms with van der Waals surface area (Å²) in [5.74, 6) is -0.546. The van der Waals surface area contributed by atoms with Crippen molar-refractivity contribution in [1.29, 1.82) is 0 Å².